The quantitative estimate of drug-likeness (QED) is 0.823. The van der Waals surface area contributed by atoms with Gasteiger partial charge in [-0.2, -0.15) is 0 Å². The summed E-state index contributed by atoms with van der Waals surface area (Å²) in [4.78, 5) is 2.08. The van der Waals surface area contributed by atoms with Crippen LogP contribution >= 0.6 is 0 Å². The number of rotatable bonds is 3. The van der Waals surface area contributed by atoms with Crippen molar-refractivity contribution in [3.63, 3.8) is 0 Å². The van der Waals surface area contributed by atoms with Gasteiger partial charge in [0.05, 0.1) is 6.54 Å². The lowest BCUT2D eigenvalue weighted by atomic mass is 9.88. The summed E-state index contributed by atoms with van der Waals surface area (Å²) in [5.41, 5.74) is 0.0296. The molecule has 1 atom stereocenters. The van der Waals surface area contributed by atoms with E-state index in [1.54, 1.807) is 0 Å². The molecule has 0 aromatic carbocycles. The fourth-order valence-corrected chi connectivity index (χ4v) is 3.34. The number of hydrogen-bond donors (Lipinski definition) is 1. The maximum atomic E-state index is 12.7. The van der Waals surface area contributed by atoms with Crippen LogP contribution in [0.5, 0.6) is 0 Å². The van der Waals surface area contributed by atoms with E-state index in [9.17, 15) is 8.78 Å². The van der Waals surface area contributed by atoms with Crippen molar-refractivity contribution in [2.45, 2.75) is 57.5 Å². The van der Waals surface area contributed by atoms with Crippen LogP contribution in [0.1, 0.15) is 39.5 Å². The third-order valence-corrected chi connectivity index (χ3v) is 4.48. The van der Waals surface area contributed by atoms with Crippen LogP contribution < -0.4 is 5.32 Å². The summed E-state index contributed by atoms with van der Waals surface area (Å²) in [7, 11) is 0. The summed E-state index contributed by atoms with van der Waals surface area (Å²) >= 11 is 0. The van der Waals surface area contributed by atoms with E-state index in [-0.39, 0.29) is 12.1 Å². The van der Waals surface area contributed by atoms with E-state index in [2.05, 4.69) is 24.1 Å². The van der Waals surface area contributed by atoms with Crippen molar-refractivity contribution in [2.24, 2.45) is 5.92 Å². The van der Waals surface area contributed by atoms with E-state index in [0.717, 1.165) is 25.9 Å². The first-order valence-electron chi connectivity index (χ1n) is 6.80. The highest BCUT2D eigenvalue weighted by Crippen LogP contribution is 2.37. The minimum absolute atomic E-state index is 0.0296. The number of halogens is 2. The zero-order chi connectivity index (χ0) is 12.5. The lowest BCUT2D eigenvalue weighted by molar-refractivity contribution is -0.0132. The van der Waals surface area contributed by atoms with Gasteiger partial charge in [0, 0.05) is 24.7 Å². The summed E-state index contributed by atoms with van der Waals surface area (Å²) in [6.45, 7) is 5.94. The smallest absolute Gasteiger partial charge is 0.251 e. The van der Waals surface area contributed by atoms with Gasteiger partial charge < -0.3 is 5.32 Å². The molecule has 2 fully saturated rings. The fourth-order valence-electron chi connectivity index (χ4n) is 3.34. The molecule has 0 radical (unpaired) electrons. The SMILES string of the molecule is CC(C)C1CN(CC(F)F)C2(CCCC2)CN1. The molecule has 1 N–H and O–H groups in total. The molecule has 0 aromatic rings. The first kappa shape index (κ1) is 13.2. The van der Waals surface area contributed by atoms with Crippen molar-refractivity contribution in [2.75, 3.05) is 19.6 Å². The molecule has 1 aliphatic carbocycles. The van der Waals surface area contributed by atoms with Crippen molar-refractivity contribution in [1.29, 1.82) is 0 Å². The molecule has 1 saturated carbocycles. The van der Waals surface area contributed by atoms with Crippen LogP contribution in [0.15, 0.2) is 0 Å². The van der Waals surface area contributed by atoms with Crippen LogP contribution in [0.2, 0.25) is 0 Å². The van der Waals surface area contributed by atoms with Crippen molar-refractivity contribution in [3.8, 4) is 0 Å². The second-order valence-electron chi connectivity index (χ2n) is 5.96. The van der Waals surface area contributed by atoms with E-state index in [1.165, 1.54) is 12.8 Å². The summed E-state index contributed by atoms with van der Waals surface area (Å²) in [6.07, 6.45) is 2.33. The molecule has 2 rings (SSSR count). The molecule has 1 saturated heterocycles. The molecule has 100 valence electrons. The second-order valence-corrected chi connectivity index (χ2v) is 5.96. The zero-order valence-electron chi connectivity index (χ0n) is 10.9. The van der Waals surface area contributed by atoms with E-state index >= 15 is 0 Å². The molecule has 1 aliphatic heterocycles. The lowest BCUT2D eigenvalue weighted by Crippen LogP contribution is -2.65. The Balaban J connectivity index is 2.06. The molecule has 1 heterocycles. The summed E-state index contributed by atoms with van der Waals surface area (Å²) in [5, 5.41) is 3.57. The van der Waals surface area contributed by atoms with Gasteiger partial charge in [-0.1, -0.05) is 26.7 Å². The lowest BCUT2D eigenvalue weighted by Gasteiger charge is -2.49. The predicted molar refractivity (Wildman–Crippen MR) is 65.4 cm³/mol. The van der Waals surface area contributed by atoms with Gasteiger partial charge in [-0.05, 0) is 18.8 Å². The molecule has 0 amide bonds. The molecule has 17 heavy (non-hydrogen) atoms. The molecular weight excluding hydrogens is 222 g/mol. The number of hydrogen-bond acceptors (Lipinski definition) is 2. The van der Waals surface area contributed by atoms with Crippen LogP contribution in [-0.4, -0.2) is 42.5 Å². The third kappa shape index (κ3) is 2.79. The molecule has 0 aromatic heterocycles. The van der Waals surface area contributed by atoms with Gasteiger partial charge in [-0.25, -0.2) is 8.78 Å². The van der Waals surface area contributed by atoms with Crippen LogP contribution in [0.3, 0.4) is 0 Å². The summed E-state index contributed by atoms with van der Waals surface area (Å²) < 4.78 is 25.4. The number of piperazine rings is 1. The minimum atomic E-state index is -2.21. The molecule has 2 aliphatic rings. The molecule has 4 heteroatoms. The van der Waals surface area contributed by atoms with Crippen LogP contribution in [0.25, 0.3) is 0 Å². The average Bonchev–Trinajstić information content (AvgIpc) is 2.70. The number of nitrogens with one attached hydrogen (secondary N) is 1. The monoisotopic (exact) mass is 246 g/mol. The Labute approximate surface area is 103 Å². The predicted octanol–water partition coefficient (Wildman–Crippen LogP) is 2.49. The van der Waals surface area contributed by atoms with Gasteiger partial charge in [-0.15, -0.1) is 0 Å². The zero-order valence-corrected chi connectivity index (χ0v) is 10.9. The van der Waals surface area contributed by atoms with Crippen molar-refractivity contribution < 1.29 is 8.78 Å². The van der Waals surface area contributed by atoms with E-state index in [4.69, 9.17) is 0 Å². The first-order chi connectivity index (χ1) is 8.03. The fraction of sp³-hybridized carbons (Fsp3) is 1.00. The van der Waals surface area contributed by atoms with Gasteiger partial charge in [0.1, 0.15) is 0 Å². The normalized spacial score (nSPS) is 29.6. The van der Waals surface area contributed by atoms with Gasteiger partial charge >= 0.3 is 0 Å². The average molecular weight is 246 g/mol. The Kier molecular flexibility index (Phi) is 4.03. The van der Waals surface area contributed by atoms with Gasteiger partial charge in [0.25, 0.3) is 6.43 Å². The summed E-state index contributed by atoms with van der Waals surface area (Å²) in [5.74, 6) is 0.508. The third-order valence-electron chi connectivity index (χ3n) is 4.48. The molecule has 0 bridgehead atoms. The number of alkyl halides is 2. The van der Waals surface area contributed by atoms with Crippen molar-refractivity contribution in [1.82, 2.24) is 10.2 Å². The van der Waals surface area contributed by atoms with E-state index < -0.39 is 6.43 Å². The Morgan fingerprint density at radius 3 is 2.47 bits per heavy atom. The Bertz CT molecular complexity index is 250. The van der Waals surface area contributed by atoms with E-state index in [1.807, 2.05) is 0 Å². The van der Waals surface area contributed by atoms with Gasteiger partial charge in [0.2, 0.25) is 0 Å². The first-order valence-corrected chi connectivity index (χ1v) is 6.80. The van der Waals surface area contributed by atoms with Gasteiger partial charge in [-0.3, -0.25) is 4.90 Å². The molecular formula is C13H24F2N2. The Morgan fingerprint density at radius 1 is 1.29 bits per heavy atom. The second kappa shape index (κ2) is 5.19. The summed E-state index contributed by atoms with van der Waals surface area (Å²) in [6, 6.07) is 0.361. The van der Waals surface area contributed by atoms with Crippen LogP contribution in [0, 0.1) is 5.92 Å². The maximum Gasteiger partial charge on any atom is 0.251 e. The maximum absolute atomic E-state index is 12.7. The Morgan fingerprint density at radius 2 is 1.94 bits per heavy atom. The highest BCUT2D eigenvalue weighted by atomic mass is 19.3. The van der Waals surface area contributed by atoms with Crippen LogP contribution in [0.4, 0.5) is 8.78 Å². The van der Waals surface area contributed by atoms with E-state index in [0.29, 0.717) is 12.0 Å². The minimum Gasteiger partial charge on any atom is -0.311 e. The standard InChI is InChI=1S/C13H24F2N2/c1-10(2)11-7-17(8-12(14)15)13(9-16-11)5-3-4-6-13/h10-12,16H,3-9H2,1-2H3. The largest absolute Gasteiger partial charge is 0.311 e. The molecule has 1 unspecified atom stereocenters. The number of nitrogens with zero attached hydrogens (tertiary/aromatic N) is 1. The molecule has 2 nitrogen and oxygen atoms in total. The van der Waals surface area contributed by atoms with Crippen molar-refractivity contribution >= 4 is 0 Å². The highest BCUT2D eigenvalue weighted by Gasteiger charge is 2.44. The van der Waals surface area contributed by atoms with Crippen LogP contribution in [-0.2, 0) is 0 Å². The molecule has 1 spiro atoms. The Hall–Kier alpha value is -0.220. The highest BCUT2D eigenvalue weighted by molar-refractivity contribution is 5.02. The topological polar surface area (TPSA) is 15.3 Å². The van der Waals surface area contributed by atoms with Gasteiger partial charge in [0.15, 0.2) is 0 Å². The van der Waals surface area contributed by atoms with Crippen molar-refractivity contribution in [3.05, 3.63) is 0 Å².